The Balaban J connectivity index is 2.02. The molecule has 0 aliphatic heterocycles. The first-order valence-corrected chi connectivity index (χ1v) is 9.11. The fourth-order valence-electron chi connectivity index (χ4n) is 2.63. The van der Waals surface area contributed by atoms with E-state index in [2.05, 4.69) is 23.7 Å². The maximum Gasteiger partial charge on any atom is 0.164 e. The van der Waals surface area contributed by atoms with Crippen LogP contribution in [0.3, 0.4) is 0 Å². The van der Waals surface area contributed by atoms with E-state index in [4.69, 9.17) is 10.2 Å². The van der Waals surface area contributed by atoms with Crippen molar-refractivity contribution in [2.45, 2.75) is 26.1 Å². The highest BCUT2D eigenvalue weighted by molar-refractivity contribution is 5.99. The van der Waals surface area contributed by atoms with Gasteiger partial charge >= 0.3 is 0 Å². The second-order valence-electron chi connectivity index (χ2n) is 6.53. The van der Waals surface area contributed by atoms with E-state index in [1.165, 1.54) is 6.92 Å². The number of rotatable bonds is 7. The van der Waals surface area contributed by atoms with Crippen molar-refractivity contribution in [2.24, 2.45) is 5.92 Å². The van der Waals surface area contributed by atoms with Crippen molar-refractivity contribution in [3.63, 3.8) is 0 Å². The van der Waals surface area contributed by atoms with E-state index in [0.29, 0.717) is 11.1 Å². The molecule has 0 unspecified atom stereocenters. The van der Waals surface area contributed by atoms with E-state index >= 15 is 0 Å². The Morgan fingerprint density at radius 1 is 0.897 bits per heavy atom. The molecule has 5 heteroatoms. The number of hydrogen-bond donors (Lipinski definition) is 3. The van der Waals surface area contributed by atoms with Crippen molar-refractivity contribution >= 4 is 11.6 Å². The summed E-state index contributed by atoms with van der Waals surface area (Å²) in [6.45, 7) is 0.708. The second-order valence-corrected chi connectivity index (χ2v) is 6.53. The molecule has 2 atom stereocenters. The van der Waals surface area contributed by atoms with E-state index < -0.39 is 24.4 Å². The van der Waals surface area contributed by atoms with Crippen molar-refractivity contribution in [3.8, 4) is 23.7 Å². The van der Waals surface area contributed by atoms with E-state index in [1.54, 1.807) is 36.4 Å². The predicted molar refractivity (Wildman–Crippen MR) is 109 cm³/mol. The first-order valence-electron chi connectivity index (χ1n) is 9.11. The van der Waals surface area contributed by atoms with Crippen LogP contribution >= 0.6 is 0 Å². The number of Topliss-reactive ketones (excluding diaryl/α,β-unsaturated/α-hetero) is 2. The lowest BCUT2D eigenvalue weighted by Crippen LogP contribution is -2.30. The molecule has 2 rings (SSSR count). The summed E-state index contributed by atoms with van der Waals surface area (Å²) >= 11 is 0. The Morgan fingerprint density at radius 2 is 1.41 bits per heavy atom. The van der Waals surface area contributed by atoms with Gasteiger partial charge in [-0.05, 0) is 48.6 Å². The maximum atomic E-state index is 12.3. The highest BCUT2D eigenvalue weighted by Crippen LogP contribution is 2.15. The van der Waals surface area contributed by atoms with Crippen LogP contribution < -0.4 is 0 Å². The van der Waals surface area contributed by atoms with E-state index in [1.807, 2.05) is 12.1 Å². The van der Waals surface area contributed by atoms with Gasteiger partial charge in [-0.1, -0.05) is 36.1 Å². The first kappa shape index (κ1) is 22.1. The quantitative estimate of drug-likeness (QED) is 0.494. The number of carbonyl (C=O) groups is 2. The molecule has 0 saturated carbocycles. The summed E-state index contributed by atoms with van der Waals surface area (Å²) in [6.07, 6.45) is -1.18. The summed E-state index contributed by atoms with van der Waals surface area (Å²) in [7, 11) is 0. The molecule has 29 heavy (non-hydrogen) atoms. The molecule has 5 nitrogen and oxygen atoms in total. The van der Waals surface area contributed by atoms with Gasteiger partial charge in [0.05, 0.1) is 18.6 Å². The first-order chi connectivity index (χ1) is 13.9. The highest BCUT2D eigenvalue weighted by Gasteiger charge is 2.26. The molecule has 0 aliphatic rings. The zero-order valence-corrected chi connectivity index (χ0v) is 16.1. The molecule has 0 amide bonds. The Bertz CT molecular complexity index is 964. The molecule has 2 aromatic carbocycles. The van der Waals surface area contributed by atoms with Crippen molar-refractivity contribution < 1.29 is 24.9 Å². The highest BCUT2D eigenvalue weighted by atomic mass is 16.3. The molecular formula is C24H22O5. The standard InChI is InChI=1S/C24H22O5/c1-17(27)22(24(29)16-26)14-23(28)21-12-10-19(11-13-21)5-3-2-4-18-6-8-20(15-25)9-7-18/h6-13,17,22,25-27H,14-16H2,1H3/t17-,22+/m1/s1. The molecule has 0 heterocycles. The molecule has 0 radical (unpaired) electrons. The minimum absolute atomic E-state index is 0.0105. The Kier molecular flexibility index (Phi) is 8.33. The average Bonchev–Trinajstić information content (AvgIpc) is 2.75. The minimum Gasteiger partial charge on any atom is -0.393 e. The van der Waals surface area contributed by atoms with Gasteiger partial charge in [-0.15, -0.1) is 0 Å². The van der Waals surface area contributed by atoms with Crippen LogP contribution in [0.5, 0.6) is 0 Å². The summed E-state index contributed by atoms with van der Waals surface area (Å²) in [5, 5.41) is 27.6. The van der Waals surface area contributed by atoms with Gasteiger partial charge in [0.2, 0.25) is 0 Å². The minimum atomic E-state index is -1.01. The molecule has 148 valence electrons. The lowest BCUT2D eigenvalue weighted by atomic mass is 9.90. The van der Waals surface area contributed by atoms with Crippen molar-refractivity contribution in [1.29, 1.82) is 0 Å². The van der Waals surface area contributed by atoms with Crippen LogP contribution in [0.2, 0.25) is 0 Å². The molecule has 0 bridgehead atoms. The summed E-state index contributed by atoms with van der Waals surface area (Å²) in [5.74, 6) is 9.53. The van der Waals surface area contributed by atoms with Gasteiger partial charge in [-0.2, -0.15) is 0 Å². The third kappa shape index (κ3) is 6.71. The van der Waals surface area contributed by atoms with Crippen LogP contribution in [0, 0.1) is 29.6 Å². The average molecular weight is 390 g/mol. The molecule has 0 saturated heterocycles. The fraction of sp³-hybridized carbons (Fsp3) is 0.250. The monoisotopic (exact) mass is 390 g/mol. The second kappa shape index (κ2) is 10.9. The van der Waals surface area contributed by atoms with E-state index in [-0.39, 0.29) is 18.8 Å². The fourth-order valence-corrected chi connectivity index (χ4v) is 2.63. The maximum absolute atomic E-state index is 12.3. The largest absolute Gasteiger partial charge is 0.393 e. The summed E-state index contributed by atoms with van der Waals surface area (Å²) in [4.78, 5) is 24.0. The van der Waals surface area contributed by atoms with E-state index in [9.17, 15) is 14.7 Å². The number of ketones is 2. The normalized spacial score (nSPS) is 12.0. The zero-order valence-electron chi connectivity index (χ0n) is 16.1. The van der Waals surface area contributed by atoms with Gasteiger partial charge in [-0.25, -0.2) is 0 Å². The Hall–Kier alpha value is -3.22. The summed E-state index contributed by atoms with van der Waals surface area (Å²) < 4.78 is 0. The van der Waals surface area contributed by atoms with Crippen LogP contribution in [-0.2, 0) is 11.4 Å². The predicted octanol–water partition coefficient (Wildman–Crippen LogP) is 1.71. The lowest BCUT2D eigenvalue weighted by molar-refractivity contribution is -0.128. The molecular weight excluding hydrogens is 368 g/mol. The SMILES string of the molecule is C[C@@H](O)[C@H](CC(=O)c1ccc(C#CC#Cc2ccc(CO)cc2)cc1)C(=O)CO. The smallest absolute Gasteiger partial charge is 0.164 e. The Morgan fingerprint density at radius 3 is 1.86 bits per heavy atom. The van der Waals surface area contributed by atoms with Crippen molar-refractivity contribution in [3.05, 3.63) is 70.8 Å². The number of benzene rings is 2. The van der Waals surface area contributed by atoms with Crippen molar-refractivity contribution in [2.75, 3.05) is 6.61 Å². The van der Waals surface area contributed by atoms with Crippen LogP contribution in [-0.4, -0.2) is 39.6 Å². The number of aliphatic hydroxyl groups excluding tert-OH is 3. The van der Waals surface area contributed by atoms with Gasteiger partial charge in [0, 0.05) is 23.1 Å². The molecule has 0 fully saturated rings. The third-order valence-electron chi connectivity index (χ3n) is 4.38. The number of hydrogen-bond acceptors (Lipinski definition) is 5. The Labute approximate surface area is 170 Å². The van der Waals surface area contributed by atoms with Gasteiger partial charge in [0.1, 0.15) is 6.61 Å². The van der Waals surface area contributed by atoms with Gasteiger partial charge < -0.3 is 15.3 Å². The van der Waals surface area contributed by atoms with E-state index in [0.717, 1.165) is 11.1 Å². The summed E-state index contributed by atoms with van der Waals surface area (Å²) in [5.41, 5.74) is 2.70. The molecule has 3 N–H and O–H groups in total. The number of carbonyl (C=O) groups excluding carboxylic acids is 2. The van der Waals surface area contributed by atoms with Gasteiger partial charge in [-0.3, -0.25) is 9.59 Å². The summed E-state index contributed by atoms with van der Waals surface area (Å²) in [6, 6.07) is 13.8. The molecule has 0 aromatic heterocycles. The number of aliphatic hydroxyl groups is 3. The van der Waals surface area contributed by atoms with Gasteiger partial charge in [0.25, 0.3) is 0 Å². The van der Waals surface area contributed by atoms with Crippen molar-refractivity contribution in [1.82, 2.24) is 0 Å². The van der Waals surface area contributed by atoms with Crippen LogP contribution in [0.4, 0.5) is 0 Å². The zero-order chi connectivity index (χ0) is 21.2. The third-order valence-corrected chi connectivity index (χ3v) is 4.38. The van der Waals surface area contributed by atoms with Gasteiger partial charge in [0.15, 0.2) is 11.6 Å². The lowest BCUT2D eigenvalue weighted by Gasteiger charge is -2.16. The molecule has 0 spiro atoms. The molecule has 2 aromatic rings. The molecule has 0 aliphatic carbocycles. The topological polar surface area (TPSA) is 94.8 Å². The van der Waals surface area contributed by atoms with Crippen LogP contribution in [0.15, 0.2) is 48.5 Å². The van der Waals surface area contributed by atoms with Crippen LogP contribution in [0.1, 0.15) is 40.4 Å². The van der Waals surface area contributed by atoms with Crippen LogP contribution in [0.25, 0.3) is 0 Å².